The predicted molar refractivity (Wildman–Crippen MR) is 70.5 cm³/mol. The second-order valence-electron chi connectivity index (χ2n) is 4.79. The van der Waals surface area contributed by atoms with E-state index in [9.17, 15) is 0 Å². The summed E-state index contributed by atoms with van der Waals surface area (Å²) in [7, 11) is 2.25. The zero-order valence-electron chi connectivity index (χ0n) is 10.6. The fourth-order valence-corrected chi connectivity index (χ4v) is 3.94. The Kier molecular flexibility index (Phi) is 4.94. The molecule has 2 N–H and O–H groups in total. The molecule has 3 atom stereocenters. The van der Waals surface area contributed by atoms with Crippen molar-refractivity contribution in [3.63, 3.8) is 0 Å². The first-order valence-corrected chi connectivity index (χ1v) is 7.18. The average Bonchev–Trinajstić information content (AvgIpc) is 2.28. The SMILES string of the molecule is CCC(C)N(C)C1(CN)CCCSC1C. The van der Waals surface area contributed by atoms with Gasteiger partial charge in [0, 0.05) is 23.4 Å². The summed E-state index contributed by atoms with van der Waals surface area (Å²) in [5, 5.41) is 0.662. The molecule has 0 aliphatic carbocycles. The van der Waals surface area contributed by atoms with Gasteiger partial charge in [0.1, 0.15) is 0 Å². The van der Waals surface area contributed by atoms with Crippen LogP contribution in [0.1, 0.15) is 40.0 Å². The Hall–Kier alpha value is 0.270. The minimum Gasteiger partial charge on any atom is -0.329 e. The van der Waals surface area contributed by atoms with Gasteiger partial charge in [-0.05, 0) is 39.0 Å². The maximum absolute atomic E-state index is 6.07. The van der Waals surface area contributed by atoms with Crippen LogP contribution in [0.25, 0.3) is 0 Å². The van der Waals surface area contributed by atoms with Gasteiger partial charge in [-0.1, -0.05) is 13.8 Å². The van der Waals surface area contributed by atoms with Gasteiger partial charge in [-0.25, -0.2) is 0 Å². The summed E-state index contributed by atoms with van der Waals surface area (Å²) in [6.45, 7) is 7.70. The van der Waals surface area contributed by atoms with Crippen molar-refractivity contribution in [1.82, 2.24) is 4.90 Å². The Morgan fingerprint density at radius 2 is 2.27 bits per heavy atom. The second-order valence-corrected chi connectivity index (χ2v) is 6.24. The van der Waals surface area contributed by atoms with E-state index in [1.807, 2.05) is 0 Å². The molecule has 15 heavy (non-hydrogen) atoms. The molecule has 1 aliphatic rings. The lowest BCUT2D eigenvalue weighted by Gasteiger charge is -2.50. The summed E-state index contributed by atoms with van der Waals surface area (Å²) in [5.74, 6) is 1.30. The second kappa shape index (κ2) is 5.55. The van der Waals surface area contributed by atoms with Crippen molar-refractivity contribution in [3.8, 4) is 0 Å². The lowest BCUT2D eigenvalue weighted by Crippen LogP contribution is -2.61. The Morgan fingerprint density at radius 1 is 1.60 bits per heavy atom. The van der Waals surface area contributed by atoms with Gasteiger partial charge >= 0.3 is 0 Å². The van der Waals surface area contributed by atoms with Gasteiger partial charge in [-0.3, -0.25) is 4.90 Å². The molecule has 2 nitrogen and oxygen atoms in total. The maximum Gasteiger partial charge on any atom is 0.0447 e. The van der Waals surface area contributed by atoms with Crippen LogP contribution in [0, 0.1) is 0 Å². The van der Waals surface area contributed by atoms with Crippen molar-refractivity contribution < 1.29 is 0 Å². The molecule has 1 heterocycles. The highest BCUT2D eigenvalue weighted by Crippen LogP contribution is 2.38. The van der Waals surface area contributed by atoms with Crippen molar-refractivity contribution in [2.45, 2.75) is 56.9 Å². The van der Waals surface area contributed by atoms with Crippen molar-refractivity contribution in [1.29, 1.82) is 0 Å². The molecule has 3 unspecified atom stereocenters. The van der Waals surface area contributed by atoms with E-state index < -0.39 is 0 Å². The third kappa shape index (κ3) is 2.51. The Balaban J connectivity index is 2.81. The molecule has 0 radical (unpaired) electrons. The first-order chi connectivity index (χ1) is 7.08. The lowest BCUT2D eigenvalue weighted by molar-refractivity contribution is 0.0715. The molecule has 0 aromatic carbocycles. The zero-order valence-corrected chi connectivity index (χ0v) is 11.4. The van der Waals surface area contributed by atoms with Crippen LogP contribution in [0.3, 0.4) is 0 Å². The molecule has 1 rings (SSSR count). The van der Waals surface area contributed by atoms with Crippen LogP contribution in [0.5, 0.6) is 0 Å². The molecule has 1 aliphatic heterocycles. The molecule has 0 spiro atoms. The highest BCUT2D eigenvalue weighted by Gasteiger charge is 2.42. The number of thioether (sulfide) groups is 1. The van der Waals surface area contributed by atoms with Crippen molar-refractivity contribution in [2.24, 2.45) is 5.73 Å². The lowest BCUT2D eigenvalue weighted by atomic mass is 9.86. The molecular weight excluding hydrogens is 204 g/mol. The normalized spacial score (nSPS) is 34.4. The number of rotatable bonds is 4. The molecular formula is C12H26N2S. The van der Waals surface area contributed by atoms with Gasteiger partial charge in [0.25, 0.3) is 0 Å². The van der Waals surface area contributed by atoms with Crippen LogP contribution in [0.2, 0.25) is 0 Å². The summed E-state index contributed by atoms with van der Waals surface area (Å²) >= 11 is 2.08. The van der Waals surface area contributed by atoms with Gasteiger partial charge in [-0.2, -0.15) is 11.8 Å². The number of nitrogens with zero attached hydrogens (tertiary/aromatic N) is 1. The van der Waals surface area contributed by atoms with E-state index in [0.29, 0.717) is 11.3 Å². The molecule has 0 amide bonds. The Morgan fingerprint density at radius 3 is 2.73 bits per heavy atom. The van der Waals surface area contributed by atoms with Gasteiger partial charge < -0.3 is 5.73 Å². The van der Waals surface area contributed by atoms with Crippen LogP contribution in [-0.2, 0) is 0 Å². The smallest absolute Gasteiger partial charge is 0.0447 e. The molecule has 1 fully saturated rings. The topological polar surface area (TPSA) is 29.3 Å². The van der Waals surface area contributed by atoms with Crippen molar-refractivity contribution >= 4 is 11.8 Å². The van der Waals surface area contributed by atoms with Crippen LogP contribution >= 0.6 is 11.8 Å². The summed E-state index contributed by atoms with van der Waals surface area (Å²) in [5.41, 5.74) is 6.30. The highest BCUT2D eigenvalue weighted by molar-refractivity contribution is 8.00. The molecule has 0 aromatic rings. The highest BCUT2D eigenvalue weighted by atomic mass is 32.2. The van der Waals surface area contributed by atoms with Gasteiger partial charge in [0.05, 0.1) is 0 Å². The third-order valence-corrected chi connectivity index (χ3v) is 5.65. The van der Waals surface area contributed by atoms with E-state index in [0.717, 1.165) is 6.54 Å². The summed E-state index contributed by atoms with van der Waals surface area (Å²) < 4.78 is 0. The number of hydrogen-bond acceptors (Lipinski definition) is 3. The number of hydrogen-bond donors (Lipinski definition) is 1. The molecule has 1 saturated heterocycles. The maximum atomic E-state index is 6.07. The molecule has 90 valence electrons. The van der Waals surface area contributed by atoms with E-state index in [1.165, 1.54) is 25.0 Å². The van der Waals surface area contributed by atoms with Crippen LogP contribution < -0.4 is 5.73 Å². The molecule has 0 bridgehead atoms. The summed E-state index contributed by atoms with van der Waals surface area (Å²) in [4.78, 5) is 2.53. The monoisotopic (exact) mass is 230 g/mol. The van der Waals surface area contributed by atoms with E-state index >= 15 is 0 Å². The predicted octanol–water partition coefficient (Wildman–Crippen LogP) is 2.33. The first kappa shape index (κ1) is 13.3. The number of likely N-dealkylation sites (N-methyl/N-ethyl adjacent to an activating group) is 1. The van der Waals surface area contributed by atoms with E-state index in [2.05, 4.69) is 44.5 Å². The Labute approximate surface area is 99.0 Å². The van der Waals surface area contributed by atoms with Crippen LogP contribution in [0.15, 0.2) is 0 Å². The quantitative estimate of drug-likeness (QED) is 0.804. The molecule has 3 heteroatoms. The fourth-order valence-electron chi connectivity index (χ4n) is 2.58. The summed E-state index contributed by atoms with van der Waals surface area (Å²) in [6, 6.07) is 0.634. The van der Waals surface area contributed by atoms with E-state index in [1.54, 1.807) is 0 Å². The minimum absolute atomic E-state index is 0.234. The van der Waals surface area contributed by atoms with E-state index in [-0.39, 0.29) is 5.54 Å². The third-order valence-electron chi connectivity index (χ3n) is 4.19. The van der Waals surface area contributed by atoms with Gasteiger partial charge in [0.2, 0.25) is 0 Å². The van der Waals surface area contributed by atoms with E-state index in [4.69, 9.17) is 5.73 Å². The standard InChI is InChI=1S/C12H26N2S/c1-5-10(2)14(4)12(9-13)7-6-8-15-11(12)3/h10-11H,5-9,13H2,1-4H3. The summed E-state index contributed by atoms with van der Waals surface area (Å²) in [6.07, 6.45) is 3.78. The van der Waals surface area contributed by atoms with Crippen LogP contribution in [-0.4, -0.2) is 41.1 Å². The van der Waals surface area contributed by atoms with Crippen molar-refractivity contribution in [2.75, 3.05) is 19.3 Å². The van der Waals surface area contributed by atoms with Crippen LogP contribution in [0.4, 0.5) is 0 Å². The molecule has 0 saturated carbocycles. The average molecular weight is 230 g/mol. The van der Waals surface area contributed by atoms with Crippen molar-refractivity contribution in [3.05, 3.63) is 0 Å². The fraction of sp³-hybridized carbons (Fsp3) is 1.00. The molecule has 0 aromatic heterocycles. The van der Waals surface area contributed by atoms with Gasteiger partial charge in [-0.15, -0.1) is 0 Å². The number of nitrogens with two attached hydrogens (primary N) is 1. The largest absolute Gasteiger partial charge is 0.329 e. The first-order valence-electron chi connectivity index (χ1n) is 6.13. The zero-order chi connectivity index (χ0) is 11.5. The van der Waals surface area contributed by atoms with Gasteiger partial charge in [0.15, 0.2) is 0 Å². The minimum atomic E-state index is 0.234. The Bertz CT molecular complexity index is 198.